The fraction of sp³-hybridized carbons (Fsp3) is 0.350. The fourth-order valence-electron chi connectivity index (χ4n) is 3.43. The second kappa shape index (κ2) is 8.71. The lowest BCUT2D eigenvalue weighted by atomic mass is 9.89. The predicted molar refractivity (Wildman–Crippen MR) is 99.3 cm³/mol. The summed E-state index contributed by atoms with van der Waals surface area (Å²) in [6.45, 7) is 1.83. The zero-order valence-corrected chi connectivity index (χ0v) is 15.3. The highest BCUT2D eigenvalue weighted by atomic mass is 16.4. The minimum Gasteiger partial charge on any atom is -0.478 e. The van der Waals surface area contributed by atoms with E-state index in [4.69, 9.17) is 14.6 Å². The van der Waals surface area contributed by atoms with E-state index in [1.807, 2.05) is 11.0 Å². The summed E-state index contributed by atoms with van der Waals surface area (Å²) in [5.74, 6) is -1.86. The zero-order valence-electron chi connectivity index (χ0n) is 15.3. The lowest BCUT2D eigenvalue weighted by Gasteiger charge is -2.32. The molecule has 1 aliphatic rings. The molecule has 3 N–H and O–H groups in total. The Morgan fingerprint density at radius 3 is 2.68 bits per heavy atom. The Hall–Kier alpha value is -3.13. The van der Waals surface area contributed by atoms with Crippen LogP contribution < -0.4 is 5.32 Å². The summed E-state index contributed by atoms with van der Waals surface area (Å²) in [6.07, 6.45) is 1.88. The summed E-state index contributed by atoms with van der Waals surface area (Å²) < 4.78 is 5.12. The third kappa shape index (κ3) is 4.98. The normalized spacial score (nSPS) is 17.2. The molecule has 0 aliphatic carbocycles. The van der Waals surface area contributed by atoms with Crippen LogP contribution >= 0.6 is 0 Å². The van der Waals surface area contributed by atoms with Crippen LogP contribution in [0.25, 0.3) is 0 Å². The third-order valence-corrected chi connectivity index (χ3v) is 4.81. The fourth-order valence-corrected chi connectivity index (χ4v) is 3.43. The maximum Gasteiger partial charge on any atom is 0.371 e. The third-order valence-electron chi connectivity index (χ3n) is 4.81. The number of rotatable bonds is 7. The van der Waals surface area contributed by atoms with Crippen LogP contribution in [0.3, 0.4) is 0 Å². The molecule has 2 heterocycles. The van der Waals surface area contributed by atoms with Gasteiger partial charge in [-0.15, -0.1) is 0 Å². The van der Waals surface area contributed by atoms with Crippen molar-refractivity contribution in [1.82, 2.24) is 10.2 Å². The van der Waals surface area contributed by atoms with Gasteiger partial charge in [-0.2, -0.15) is 0 Å². The van der Waals surface area contributed by atoms with Crippen LogP contribution in [0, 0.1) is 0 Å². The lowest BCUT2D eigenvalue weighted by Crippen LogP contribution is -2.41. The van der Waals surface area contributed by atoms with Crippen molar-refractivity contribution in [3.8, 4) is 0 Å². The van der Waals surface area contributed by atoms with Gasteiger partial charge in [0.15, 0.2) is 0 Å². The first-order valence-electron chi connectivity index (χ1n) is 9.06. The van der Waals surface area contributed by atoms with E-state index in [2.05, 4.69) is 5.32 Å². The van der Waals surface area contributed by atoms with Gasteiger partial charge >= 0.3 is 11.9 Å². The zero-order chi connectivity index (χ0) is 20.1. The van der Waals surface area contributed by atoms with Crippen molar-refractivity contribution in [2.24, 2.45) is 0 Å². The molecule has 1 saturated heterocycles. The molecule has 1 atom stereocenters. The van der Waals surface area contributed by atoms with E-state index in [-0.39, 0.29) is 36.2 Å². The van der Waals surface area contributed by atoms with Gasteiger partial charge in [0.2, 0.25) is 11.7 Å². The van der Waals surface area contributed by atoms with Crippen LogP contribution in [0.2, 0.25) is 0 Å². The number of benzene rings is 1. The molecule has 148 valence electrons. The summed E-state index contributed by atoms with van der Waals surface area (Å²) in [4.78, 5) is 36.2. The van der Waals surface area contributed by atoms with Gasteiger partial charge in [-0.05, 0) is 55.1 Å². The van der Waals surface area contributed by atoms with Gasteiger partial charge in [0.1, 0.15) is 5.76 Å². The Labute approximate surface area is 161 Å². The Bertz CT molecular complexity index is 875. The quantitative estimate of drug-likeness (QED) is 0.667. The number of hydrogen-bond donors (Lipinski definition) is 3. The minimum absolute atomic E-state index is 0.129. The first-order chi connectivity index (χ1) is 13.4. The highest BCUT2D eigenvalue weighted by Crippen LogP contribution is 2.27. The standard InChI is InChI=1S/C20H22N2O6/c23-18(21-10-16-6-7-17(28-16)20(26)27)12-22-8-2-5-15(11-22)13-3-1-4-14(9-13)19(24)25/h1,3-4,6-7,9,15H,2,5,8,10-12H2,(H,21,23)(H,24,25)(H,26,27). The van der Waals surface area contributed by atoms with Crippen molar-refractivity contribution in [2.45, 2.75) is 25.3 Å². The molecule has 28 heavy (non-hydrogen) atoms. The number of hydrogen-bond acceptors (Lipinski definition) is 5. The monoisotopic (exact) mass is 386 g/mol. The van der Waals surface area contributed by atoms with Gasteiger partial charge in [-0.25, -0.2) is 9.59 Å². The average Bonchev–Trinajstić information content (AvgIpc) is 3.16. The van der Waals surface area contributed by atoms with E-state index < -0.39 is 11.9 Å². The Kier molecular flexibility index (Phi) is 6.10. The second-order valence-electron chi connectivity index (χ2n) is 6.85. The number of piperidine rings is 1. The first-order valence-corrected chi connectivity index (χ1v) is 9.06. The molecule has 0 saturated carbocycles. The number of carboxylic acids is 2. The molecule has 3 rings (SSSR count). The number of amides is 1. The molecule has 0 radical (unpaired) electrons. The van der Waals surface area contributed by atoms with Crippen LogP contribution in [0.5, 0.6) is 0 Å². The molecule has 1 aliphatic heterocycles. The van der Waals surface area contributed by atoms with E-state index in [9.17, 15) is 14.4 Å². The molecule has 8 heteroatoms. The number of nitrogens with one attached hydrogen (secondary N) is 1. The van der Waals surface area contributed by atoms with Crippen molar-refractivity contribution in [1.29, 1.82) is 0 Å². The predicted octanol–water partition coefficient (Wildman–Crippen LogP) is 2.17. The van der Waals surface area contributed by atoms with Gasteiger partial charge in [0.25, 0.3) is 0 Å². The van der Waals surface area contributed by atoms with Crippen molar-refractivity contribution in [2.75, 3.05) is 19.6 Å². The summed E-state index contributed by atoms with van der Waals surface area (Å²) in [6, 6.07) is 9.83. The Morgan fingerprint density at radius 1 is 1.14 bits per heavy atom. The maximum absolute atomic E-state index is 12.2. The van der Waals surface area contributed by atoms with Crippen LogP contribution in [0.4, 0.5) is 0 Å². The topological polar surface area (TPSA) is 120 Å². The van der Waals surface area contributed by atoms with Gasteiger partial charge < -0.3 is 19.9 Å². The van der Waals surface area contributed by atoms with E-state index in [0.29, 0.717) is 12.3 Å². The largest absolute Gasteiger partial charge is 0.478 e. The Balaban J connectivity index is 1.52. The molecular formula is C20H22N2O6. The molecular weight excluding hydrogens is 364 g/mol. The summed E-state index contributed by atoms with van der Waals surface area (Å²) in [5.41, 5.74) is 1.24. The van der Waals surface area contributed by atoms with Crippen LogP contribution in [-0.2, 0) is 11.3 Å². The number of carboxylic acid groups (broad SMARTS) is 2. The van der Waals surface area contributed by atoms with Crippen LogP contribution in [0.1, 0.15) is 51.0 Å². The van der Waals surface area contributed by atoms with Crippen molar-refractivity contribution in [3.63, 3.8) is 0 Å². The second-order valence-corrected chi connectivity index (χ2v) is 6.85. The minimum atomic E-state index is -1.15. The van der Waals surface area contributed by atoms with E-state index in [1.165, 1.54) is 12.1 Å². The van der Waals surface area contributed by atoms with E-state index >= 15 is 0 Å². The van der Waals surface area contributed by atoms with Crippen LogP contribution in [0.15, 0.2) is 40.8 Å². The summed E-state index contributed by atoms with van der Waals surface area (Å²) >= 11 is 0. The number of aromatic carboxylic acids is 2. The van der Waals surface area contributed by atoms with Gasteiger partial charge in [-0.3, -0.25) is 9.69 Å². The van der Waals surface area contributed by atoms with Gasteiger partial charge in [0.05, 0.1) is 18.7 Å². The number of carbonyl (C=O) groups is 3. The molecule has 2 aromatic rings. The van der Waals surface area contributed by atoms with Crippen molar-refractivity contribution >= 4 is 17.8 Å². The number of nitrogens with zero attached hydrogens (tertiary/aromatic N) is 1. The van der Waals surface area contributed by atoms with Gasteiger partial charge in [0, 0.05) is 6.54 Å². The lowest BCUT2D eigenvalue weighted by molar-refractivity contribution is -0.122. The smallest absolute Gasteiger partial charge is 0.371 e. The molecule has 1 amide bonds. The van der Waals surface area contributed by atoms with E-state index in [0.717, 1.165) is 24.9 Å². The van der Waals surface area contributed by atoms with Gasteiger partial charge in [-0.1, -0.05) is 12.1 Å². The SMILES string of the molecule is O=C(CN1CCCC(c2cccc(C(=O)O)c2)C1)NCc1ccc(C(=O)O)o1. The number of carbonyl (C=O) groups excluding carboxylic acids is 1. The molecule has 1 fully saturated rings. The maximum atomic E-state index is 12.2. The molecule has 1 aromatic heterocycles. The van der Waals surface area contributed by atoms with Crippen molar-refractivity contribution < 1.29 is 29.0 Å². The van der Waals surface area contributed by atoms with E-state index in [1.54, 1.807) is 18.2 Å². The number of likely N-dealkylation sites (tertiary alicyclic amines) is 1. The summed E-state index contributed by atoms with van der Waals surface area (Å²) in [5, 5.41) is 20.7. The molecule has 8 nitrogen and oxygen atoms in total. The number of furan rings is 1. The first kappa shape index (κ1) is 19.6. The average molecular weight is 386 g/mol. The summed E-state index contributed by atoms with van der Waals surface area (Å²) in [7, 11) is 0. The molecule has 0 spiro atoms. The molecule has 1 aromatic carbocycles. The molecule has 1 unspecified atom stereocenters. The molecule has 0 bridgehead atoms. The van der Waals surface area contributed by atoms with Crippen molar-refractivity contribution in [3.05, 3.63) is 59.0 Å². The highest BCUT2D eigenvalue weighted by Gasteiger charge is 2.23. The van der Waals surface area contributed by atoms with Crippen LogP contribution in [-0.4, -0.2) is 52.6 Å². The highest BCUT2D eigenvalue weighted by molar-refractivity contribution is 5.87. The Morgan fingerprint density at radius 2 is 1.96 bits per heavy atom.